The number of ether oxygens (including phenoxy) is 1. The van der Waals surface area contributed by atoms with Gasteiger partial charge in [0.25, 0.3) is 0 Å². The maximum atomic E-state index is 11.7. The Morgan fingerprint density at radius 1 is 1.45 bits per heavy atom. The molecule has 0 heterocycles. The van der Waals surface area contributed by atoms with Crippen LogP contribution in [0.4, 0.5) is 4.79 Å². The van der Waals surface area contributed by atoms with Gasteiger partial charge in [-0.3, -0.25) is 0 Å². The number of carbonyl (C=O) groups is 2. The average Bonchev–Trinajstić information content (AvgIpc) is 3.18. The lowest BCUT2D eigenvalue weighted by Crippen LogP contribution is -2.47. The van der Waals surface area contributed by atoms with Crippen LogP contribution in [0.15, 0.2) is 18.2 Å². The molecule has 108 valence electrons. The molecular formula is C13H15ClN2O4. The van der Waals surface area contributed by atoms with Crippen molar-refractivity contribution >= 4 is 23.6 Å². The third kappa shape index (κ3) is 2.96. The molecule has 20 heavy (non-hydrogen) atoms. The molecule has 3 N–H and O–H groups in total. The molecule has 1 saturated carbocycles. The predicted molar refractivity (Wildman–Crippen MR) is 73.0 cm³/mol. The summed E-state index contributed by atoms with van der Waals surface area (Å²) in [5, 5.41) is 14.5. The van der Waals surface area contributed by atoms with Crippen molar-refractivity contribution in [2.75, 3.05) is 7.11 Å². The van der Waals surface area contributed by atoms with Gasteiger partial charge in [0.2, 0.25) is 0 Å². The van der Waals surface area contributed by atoms with E-state index in [1.54, 1.807) is 18.2 Å². The summed E-state index contributed by atoms with van der Waals surface area (Å²) in [6.07, 6.45) is 0.899. The maximum absolute atomic E-state index is 11.7. The minimum atomic E-state index is -1.10. The number of urea groups is 1. The van der Waals surface area contributed by atoms with E-state index in [9.17, 15) is 9.59 Å². The number of carboxylic acid groups (broad SMARTS) is 1. The molecule has 0 radical (unpaired) electrons. The zero-order valence-electron chi connectivity index (χ0n) is 10.9. The fraction of sp³-hybridized carbons (Fsp3) is 0.385. The van der Waals surface area contributed by atoms with Crippen LogP contribution < -0.4 is 15.4 Å². The van der Waals surface area contributed by atoms with E-state index in [0.29, 0.717) is 29.2 Å². The molecule has 0 aliphatic heterocycles. The van der Waals surface area contributed by atoms with Crippen LogP contribution in [0.25, 0.3) is 0 Å². The molecule has 2 rings (SSSR count). The Balaban J connectivity index is 1.96. The van der Waals surface area contributed by atoms with E-state index in [2.05, 4.69) is 10.6 Å². The van der Waals surface area contributed by atoms with Crippen molar-refractivity contribution in [2.45, 2.75) is 24.9 Å². The van der Waals surface area contributed by atoms with Crippen molar-refractivity contribution in [3.05, 3.63) is 28.8 Å². The molecule has 0 atom stereocenters. The number of halogens is 1. The first-order valence-corrected chi connectivity index (χ1v) is 6.47. The van der Waals surface area contributed by atoms with Crippen molar-refractivity contribution in [1.29, 1.82) is 0 Å². The Bertz CT molecular complexity index is 543. The van der Waals surface area contributed by atoms with Crippen LogP contribution in [0, 0.1) is 0 Å². The molecule has 1 aromatic carbocycles. The summed E-state index contributed by atoms with van der Waals surface area (Å²) in [5.41, 5.74) is -0.457. The highest BCUT2D eigenvalue weighted by Gasteiger charge is 2.51. The molecule has 1 aliphatic carbocycles. The zero-order valence-corrected chi connectivity index (χ0v) is 11.7. The first-order valence-electron chi connectivity index (χ1n) is 6.09. The Morgan fingerprint density at radius 3 is 2.70 bits per heavy atom. The van der Waals surface area contributed by atoms with E-state index >= 15 is 0 Å². The lowest BCUT2D eigenvalue weighted by atomic mass is 10.2. The molecule has 0 bridgehead atoms. The van der Waals surface area contributed by atoms with Gasteiger partial charge >= 0.3 is 12.0 Å². The number of benzene rings is 1. The molecule has 1 fully saturated rings. The number of carboxylic acids is 1. The second kappa shape index (κ2) is 5.58. The summed E-state index contributed by atoms with van der Waals surface area (Å²) in [4.78, 5) is 22.7. The van der Waals surface area contributed by atoms with Gasteiger partial charge in [-0.15, -0.1) is 0 Å². The fourth-order valence-electron chi connectivity index (χ4n) is 1.85. The van der Waals surface area contributed by atoms with Gasteiger partial charge in [0.1, 0.15) is 11.3 Å². The Kier molecular flexibility index (Phi) is 4.04. The number of methoxy groups -OCH3 is 1. The molecule has 1 aliphatic rings. The summed E-state index contributed by atoms with van der Waals surface area (Å²) >= 11 is 6.04. The Labute approximate surface area is 121 Å². The van der Waals surface area contributed by atoms with Gasteiger partial charge in [0.05, 0.1) is 7.11 Å². The normalized spacial score (nSPS) is 15.3. The van der Waals surface area contributed by atoms with E-state index in [1.165, 1.54) is 7.11 Å². The van der Waals surface area contributed by atoms with Crippen molar-refractivity contribution in [2.24, 2.45) is 0 Å². The zero-order chi connectivity index (χ0) is 14.8. The fourth-order valence-corrected chi connectivity index (χ4v) is 2.08. The Morgan fingerprint density at radius 2 is 2.15 bits per heavy atom. The highest BCUT2D eigenvalue weighted by Crippen LogP contribution is 2.35. The van der Waals surface area contributed by atoms with Gasteiger partial charge in [0, 0.05) is 17.1 Å². The number of aliphatic carboxylic acids is 1. The van der Waals surface area contributed by atoms with Gasteiger partial charge in [-0.2, -0.15) is 0 Å². The van der Waals surface area contributed by atoms with E-state index in [1.807, 2.05) is 0 Å². The number of hydrogen-bond donors (Lipinski definition) is 3. The largest absolute Gasteiger partial charge is 0.496 e. The minimum absolute atomic E-state index is 0.157. The maximum Gasteiger partial charge on any atom is 0.329 e. The highest BCUT2D eigenvalue weighted by atomic mass is 35.5. The molecular weight excluding hydrogens is 284 g/mol. The summed E-state index contributed by atoms with van der Waals surface area (Å²) in [5.74, 6) is -0.444. The summed E-state index contributed by atoms with van der Waals surface area (Å²) < 4.78 is 5.16. The SMILES string of the molecule is COc1cccc(Cl)c1CNC(=O)NC1(C(=O)O)CC1. The van der Waals surface area contributed by atoms with Crippen molar-refractivity contribution in [3.63, 3.8) is 0 Å². The second-order valence-corrected chi connectivity index (χ2v) is 5.02. The summed E-state index contributed by atoms with van der Waals surface area (Å²) in [7, 11) is 1.51. The Hall–Kier alpha value is -1.95. The summed E-state index contributed by atoms with van der Waals surface area (Å²) in [6.45, 7) is 0.157. The van der Waals surface area contributed by atoms with Crippen molar-refractivity contribution in [1.82, 2.24) is 10.6 Å². The van der Waals surface area contributed by atoms with Crippen LogP contribution in [-0.4, -0.2) is 29.8 Å². The van der Waals surface area contributed by atoms with Crippen molar-refractivity contribution < 1.29 is 19.4 Å². The topological polar surface area (TPSA) is 87.7 Å². The number of rotatable bonds is 5. The predicted octanol–water partition coefficient (Wildman–Crippen LogP) is 1.76. The third-order valence-corrected chi connectivity index (χ3v) is 3.59. The average molecular weight is 299 g/mol. The number of nitrogens with one attached hydrogen (secondary N) is 2. The molecule has 7 heteroatoms. The molecule has 1 aromatic rings. The molecule has 2 amide bonds. The smallest absolute Gasteiger partial charge is 0.329 e. The van der Waals surface area contributed by atoms with Crippen LogP contribution >= 0.6 is 11.6 Å². The first-order chi connectivity index (χ1) is 9.48. The van der Waals surface area contributed by atoms with Crippen LogP contribution in [0.1, 0.15) is 18.4 Å². The number of carbonyl (C=O) groups excluding carboxylic acids is 1. The van der Waals surface area contributed by atoms with Crippen LogP contribution in [-0.2, 0) is 11.3 Å². The van der Waals surface area contributed by atoms with Gasteiger partial charge in [-0.1, -0.05) is 17.7 Å². The van der Waals surface area contributed by atoms with E-state index in [4.69, 9.17) is 21.4 Å². The minimum Gasteiger partial charge on any atom is -0.496 e. The van der Waals surface area contributed by atoms with E-state index in [0.717, 1.165) is 0 Å². The molecule has 0 unspecified atom stereocenters. The van der Waals surface area contributed by atoms with Crippen LogP contribution in [0.3, 0.4) is 0 Å². The van der Waals surface area contributed by atoms with Gasteiger partial charge < -0.3 is 20.5 Å². The number of hydrogen-bond acceptors (Lipinski definition) is 3. The van der Waals surface area contributed by atoms with Gasteiger partial charge in [0.15, 0.2) is 0 Å². The third-order valence-electron chi connectivity index (χ3n) is 3.23. The lowest BCUT2D eigenvalue weighted by Gasteiger charge is -2.15. The van der Waals surface area contributed by atoms with Gasteiger partial charge in [-0.05, 0) is 25.0 Å². The first kappa shape index (κ1) is 14.5. The lowest BCUT2D eigenvalue weighted by molar-refractivity contribution is -0.140. The highest BCUT2D eigenvalue weighted by molar-refractivity contribution is 6.31. The molecule has 0 aromatic heterocycles. The number of amides is 2. The molecule has 0 spiro atoms. The summed E-state index contributed by atoms with van der Waals surface area (Å²) in [6, 6.07) is 4.64. The van der Waals surface area contributed by atoms with E-state index < -0.39 is 17.5 Å². The molecule has 0 saturated heterocycles. The standard InChI is InChI=1S/C13H15ClN2O4/c1-20-10-4-2-3-9(14)8(10)7-15-12(19)16-13(5-6-13)11(17)18/h2-4H,5-7H2,1H3,(H,17,18)(H2,15,16,19). The van der Waals surface area contributed by atoms with Crippen LogP contribution in [0.5, 0.6) is 5.75 Å². The second-order valence-electron chi connectivity index (χ2n) is 4.62. The quantitative estimate of drug-likeness (QED) is 0.773. The van der Waals surface area contributed by atoms with Crippen molar-refractivity contribution in [3.8, 4) is 5.75 Å². The molecule has 6 nitrogen and oxygen atoms in total. The van der Waals surface area contributed by atoms with Crippen LogP contribution in [0.2, 0.25) is 5.02 Å². The van der Waals surface area contributed by atoms with E-state index in [-0.39, 0.29) is 6.54 Å². The monoisotopic (exact) mass is 298 g/mol. The van der Waals surface area contributed by atoms with Gasteiger partial charge in [-0.25, -0.2) is 9.59 Å².